The highest BCUT2D eigenvalue weighted by Crippen LogP contribution is 2.44. The molecule has 7 heteroatoms. The number of halogens is 6. The van der Waals surface area contributed by atoms with Gasteiger partial charge in [0.2, 0.25) is 0 Å². The van der Waals surface area contributed by atoms with Crippen LogP contribution in [-0.4, -0.2) is 12.4 Å². The van der Waals surface area contributed by atoms with Crippen LogP contribution in [0.15, 0.2) is 48.5 Å². The molecule has 2 aromatic carbocycles. The second-order valence-electron chi connectivity index (χ2n) is 5.80. The van der Waals surface area contributed by atoms with Gasteiger partial charge < -0.3 is 4.74 Å². The molecule has 2 rings (SSSR count). The summed E-state index contributed by atoms with van der Waals surface area (Å²) in [6, 6.07) is 10.1. The molecule has 0 aliphatic heterocycles. The van der Waals surface area contributed by atoms with Gasteiger partial charge in [0.25, 0.3) is 0 Å². The fourth-order valence-corrected chi connectivity index (χ4v) is 2.31. The van der Waals surface area contributed by atoms with Gasteiger partial charge in [0.15, 0.2) is 12.2 Å². The lowest BCUT2D eigenvalue weighted by Crippen LogP contribution is -2.31. The number of alkyl halides is 6. The predicted octanol–water partition coefficient (Wildman–Crippen LogP) is 6.23. The van der Waals surface area contributed by atoms with Crippen molar-refractivity contribution in [1.29, 1.82) is 0 Å². The third-order valence-corrected chi connectivity index (χ3v) is 3.63. The summed E-state index contributed by atoms with van der Waals surface area (Å²) in [5.74, 6) is 0. The lowest BCUT2D eigenvalue weighted by molar-refractivity contribution is -0.292. The Morgan fingerprint density at radius 3 is 1.12 bits per heavy atom. The van der Waals surface area contributed by atoms with Gasteiger partial charge >= 0.3 is 12.4 Å². The zero-order valence-electron chi connectivity index (χ0n) is 13.4. The van der Waals surface area contributed by atoms with Crippen LogP contribution in [0, 0.1) is 13.8 Å². The number of rotatable bonds is 4. The molecule has 0 radical (unpaired) electrons. The van der Waals surface area contributed by atoms with Gasteiger partial charge in [-0.25, -0.2) is 0 Å². The maximum Gasteiger partial charge on any atom is 0.418 e. The van der Waals surface area contributed by atoms with Crippen LogP contribution in [0.1, 0.15) is 34.5 Å². The van der Waals surface area contributed by atoms with Crippen molar-refractivity contribution in [1.82, 2.24) is 0 Å². The van der Waals surface area contributed by atoms with Crippen LogP contribution in [0.25, 0.3) is 0 Å². The summed E-state index contributed by atoms with van der Waals surface area (Å²) < 4.78 is 84.6. The van der Waals surface area contributed by atoms with E-state index in [0.717, 1.165) is 24.3 Å². The molecule has 0 aliphatic rings. The summed E-state index contributed by atoms with van der Waals surface area (Å²) in [7, 11) is 0. The van der Waals surface area contributed by atoms with E-state index in [1.54, 1.807) is 13.8 Å². The predicted molar refractivity (Wildman–Crippen MR) is 81.0 cm³/mol. The Balaban J connectivity index is 2.42. The van der Waals surface area contributed by atoms with Crippen molar-refractivity contribution in [3.8, 4) is 0 Å². The topological polar surface area (TPSA) is 9.23 Å². The molecule has 0 bridgehead atoms. The smallest absolute Gasteiger partial charge is 0.347 e. The Morgan fingerprint density at radius 2 is 0.880 bits per heavy atom. The van der Waals surface area contributed by atoms with Crippen molar-refractivity contribution in [2.24, 2.45) is 0 Å². The standard InChI is InChI=1S/C18H16F6O/c1-11-3-7-13(8-4-11)15(17(19,20)21)25-16(18(22,23)24)14-9-5-12(2)6-10-14/h3-10,15-16H,1-2H3/t15-,16-/m0/s1. The van der Waals surface area contributed by atoms with Gasteiger partial charge in [-0.3, -0.25) is 0 Å². The van der Waals surface area contributed by atoms with Gasteiger partial charge in [-0.05, 0) is 25.0 Å². The fraction of sp³-hybridized carbons (Fsp3) is 0.333. The zero-order chi connectivity index (χ0) is 18.8. The molecule has 0 saturated carbocycles. The van der Waals surface area contributed by atoms with E-state index < -0.39 is 24.6 Å². The number of hydrogen-bond donors (Lipinski definition) is 0. The van der Waals surface area contributed by atoms with Crippen molar-refractivity contribution in [3.05, 3.63) is 70.8 Å². The molecule has 2 atom stereocenters. The average Bonchev–Trinajstić information content (AvgIpc) is 2.48. The molecule has 0 fully saturated rings. The highest BCUT2D eigenvalue weighted by Gasteiger charge is 2.50. The third-order valence-electron chi connectivity index (χ3n) is 3.63. The van der Waals surface area contributed by atoms with E-state index in [1.807, 2.05) is 0 Å². The van der Waals surface area contributed by atoms with Crippen LogP contribution >= 0.6 is 0 Å². The molecular formula is C18H16F6O. The molecular weight excluding hydrogens is 346 g/mol. The first kappa shape index (κ1) is 19.3. The van der Waals surface area contributed by atoms with Gasteiger partial charge in [-0.1, -0.05) is 59.7 Å². The Labute approximate surface area is 141 Å². The van der Waals surface area contributed by atoms with E-state index in [0.29, 0.717) is 11.1 Å². The van der Waals surface area contributed by atoms with E-state index >= 15 is 0 Å². The molecule has 0 aliphatic carbocycles. The van der Waals surface area contributed by atoms with Crippen LogP contribution in [0.3, 0.4) is 0 Å². The summed E-state index contributed by atoms with van der Waals surface area (Å²) >= 11 is 0. The summed E-state index contributed by atoms with van der Waals surface area (Å²) in [6.07, 6.45) is -15.3. The van der Waals surface area contributed by atoms with E-state index in [-0.39, 0.29) is 11.1 Å². The van der Waals surface area contributed by atoms with Crippen LogP contribution in [-0.2, 0) is 4.74 Å². The van der Waals surface area contributed by atoms with Crippen molar-refractivity contribution < 1.29 is 31.1 Å². The Hall–Kier alpha value is -2.02. The molecule has 0 N–H and O–H groups in total. The number of ether oxygens (including phenoxy) is 1. The van der Waals surface area contributed by atoms with E-state index in [4.69, 9.17) is 0 Å². The summed E-state index contributed by atoms with van der Waals surface area (Å²) in [4.78, 5) is 0. The normalized spacial score (nSPS) is 15.0. The Morgan fingerprint density at radius 1 is 0.600 bits per heavy atom. The summed E-state index contributed by atoms with van der Waals surface area (Å²) in [5.41, 5.74) is 0.630. The SMILES string of the molecule is Cc1ccc([C@H](O[C@@H](c2ccc(C)cc2)C(F)(F)F)C(F)(F)F)cc1. The first-order valence-corrected chi connectivity index (χ1v) is 7.40. The summed E-state index contributed by atoms with van der Waals surface area (Å²) in [5, 5.41) is 0. The van der Waals surface area contributed by atoms with Crippen molar-refractivity contribution in [3.63, 3.8) is 0 Å². The molecule has 136 valence electrons. The minimum absolute atomic E-state index is 0.375. The Bertz CT molecular complexity index is 624. The van der Waals surface area contributed by atoms with Gasteiger partial charge in [0, 0.05) is 0 Å². The second kappa shape index (κ2) is 7.07. The van der Waals surface area contributed by atoms with Crippen LogP contribution in [0.2, 0.25) is 0 Å². The van der Waals surface area contributed by atoms with Gasteiger partial charge in [-0.15, -0.1) is 0 Å². The maximum atomic E-state index is 13.3. The van der Waals surface area contributed by atoms with Crippen LogP contribution < -0.4 is 0 Å². The lowest BCUT2D eigenvalue weighted by atomic mass is 10.0. The molecule has 0 spiro atoms. The average molecular weight is 362 g/mol. The van der Waals surface area contributed by atoms with E-state index in [1.165, 1.54) is 24.3 Å². The third kappa shape index (κ3) is 4.98. The maximum absolute atomic E-state index is 13.3. The molecule has 0 heterocycles. The first-order valence-electron chi connectivity index (χ1n) is 7.40. The quantitative estimate of drug-likeness (QED) is 0.586. The molecule has 2 aromatic rings. The van der Waals surface area contributed by atoms with Crippen LogP contribution in [0.4, 0.5) is 26.3 Å². The van der Waals surface area contributed by atoms with Crippen molar-refractivity contribution in [2.75, 3.05) is 0 Å². The number of aryl methyl sites for hydroxylation is 2. The lowest BCUT2D eigenvalue weighted by Gasteiger charge is -2.28. The molecule has 0 aromatic heterocycles. The second-order valence-corrected chi connectivity index (χ2v) is 5.80. The molecule has 25 heavy (non-hydrogen) atoms. The molecule has 1 nitrogen and oxygen atoms in total. The minimum atomic E-state index is -4.98. The Kier molecular flexibility index (Phi) is 5.46. The highest BCUT2D eigenvalue weighted by molar-refractivity contribution is 5.26. The van der Waals surface area contributed by atoms with Gasteiger partial charge in [0.1, 0.15) is 0 Å². The van der Waals surface area contributed by atoms with E-state index in [2.05, 4.69) is 4.74 Å². The first-order chi connectivity index (χ1) is 11.5. The fourth-order valence-electron chi connectivity index (χ4n) is 2.31. The summed E-state index contributed by atoms with van der Waals surface area (Å²) in [6.45, 7) is 3.33. The molecule has 0 saturated heterocycles. The minimum Gasteiger partial charge on any atom is -0.347 e. The molecule has 0 unspecified atom stereocenters. The van der Waals surface area contributed by atoms with Crippen molar-refractivity contribution in [2.45, 2.75) is 38.4 Å². The van der Waals surface area contributed by atoms with E-state index in [9.17, 15) is 26.3 Å². The highest BCUT2D eigenvalue weighted by atomic mass is 19.4. The zero-order valence-corrected chi connectivity index (χ0v) is 13.4. The largest absolute Gasteiger partial charge is 0.418 e. The number of hydrogen-bond acceptors (Lipinski definition) is 1. The molecule has 0 amide bonds. The van der Waals surface area contributed by atoms with Crippen LogP contribution in [0.5, 0.6) is 0 Å². The van der Waals surface area contributed by atoms with Gasteiger partial charge in [-0.2, -0.15) is 26.3 Å². The van der Waals surface area contributed by atoms with Gasteiger partial charge in [0.05, 0.1) is 0 Å². The number of benzene rings is 2. The monoisotopic (exact) mass is 362 g/mol. The van der Waals surface area contributed by atoms with Crippen molar-refractivity contribution >= 4 is 0 Å².